The highest BCUT2D eigenvalue weighted by Crippen LogP contribution is 2.17. The normalized spacial score (nSPS) is 9.83. The van der Waals surface area contributed by atoms with Crippen molar-refractivity contribution in [2.75, 3.05) is 0 Å². The number of nitrogens with zero attached hydrogens (tertiary/aromatic N) is 2. The molecule has 0 aliphatic carbocycles. The number of nitrogens with one attached hydrogen (secondary N) is 2. The van der Waals surface area contributed by atoms with E-state index in [1.807, 2.05) is 0 Å². The number of non-ortho nitro benzene ring substituents is 2. The molecule has 0 aliphatic rings. The summed E-state index contributed by atoms with van der Waals surface area (Å²) in [6, 6.07) is 10.9. The Morgan fingerprint density at radius 3 is 1.92 bits per heavy atom. The van der Waals surface area contributed by atoms with Gasteiger partial charge < -0.3 is 0 Å². The van der Waals surface area contributed by atoms with Gasteiger partial charge in [-0.2, -0.15) is 0 Å². The van der Waals surface area contributed by atoms with Crippen LogP contribution in [0.1, 0.15) is 15.9 Å². The molecule has 0 bridgehead atoms. The van der Waals surface area contributed by atoms with Gasteiger partial charge >= 0.3 is 0 Å². The Hall–Kier alpha value is -3.75. The summed E-state index contributed by atoms with van der Waals surface area (Å²) in [4.78, 5) is 32.3. The van der Waals surface area contributed by atoms with E-state index < -0.39 is 15.8 Å². The molecule has 2 aromatic carbocycles. The predicted octanol–water partition coefficient (Wildman–Crippen LogP) is 2.41. The van der Waals surface area contributed by atoms with Gasteiger partial charge in [0.15, 0.2) is 0 Å². The average Bonchev–Trinajstić information content (AvgIpc) is 2.59. The van der Waals surface area contributed by atoms with Gasteiger partial charge in [0.25, 0.3) is 17.3 Å². The van der Waals surface area contributed by atoms with E-state index in [0.29, 0.717) is 5.56 Å². The van der Waals surface area contributed by atoms with Crippen LogP contribution < -0.4 is 10.9 Å². The number of carbonyl (C=O) groups is 1. The number of hydrogen-bond acceptors (Lipinski definition) is 6. The van der Waals surface area contributed by atoms with Crippen LogP contribution in [0.5, 0.6) is 0 Å². The van der Waals surface area contributed by atoms with Gasteiger partial charge in [0.05, 0.1) is 15.5 Å². The van der Waals surface area contributed by atoms with E-state index in [4.69, 9.17) is 0 Å². The van der Waals surface area contributed by atoms with Crippen LogP contribution in [0.3, 0.4) is 0 Å². The average molecular weight is 328 g/mol. The standard InChI is InChI=1S/C15H12N4O5/c1-10(11-4-2-6-13(8-11)18(21)22)16-17-15(20)12-5-3-7-14(9-12)19(23)24/h2-9,16H,1H2,(H,17,20). The van der Waals surface area contributed by atoms with Gasteiger partial charge in [-0.15, -0.1) is 0 Å². The molecule has 0 heterocycles. The maximum absolute atomic E-state index is 12.0. The molecule has 0 aliphatic heterocycles. The minimum atomic E-state index is -0.606. The van der Waals surface area contributed by atoms with Crippen molar-refractivity contribution in [3.05, 3.63) is 86.5 Å². The summed E-state index contributed by atoms with van der Waals surface area (Å²) in [6.07, 6.45) is 0. The number of hydrogen-bond donors (Lipinski definition) is 2. The Balaban J connectivity index is 2.05. The van der Waals surface area contributed by atoms with Crippen LogP contribution in [-0.4, -0.2) is 15.8 Å². The largest absolute Gasteiger partial charge is 0.298 e. The molecule has 0 unspecified atom stereocenters. The first-order valence-corrected chi connectivity index (χ1v) is 6.63. The van der Waals surface area contributed by atoms with E-state index in [9.17, 15) is 25.0 Å². The Bertz CT molecular complexity index is 765. The summed E-state index contributed by atoms with van der Waals surface area (Å²) in [5.74, 6) is -0.606. The topological polar surface area (TPSA) is 127 Å². The molecule has 0 atom stereocenters. The van der Waals surface area contributed by atoms with Gasteiger partial charge in [-0.1, -0.05) is 24.8 Å². The van der Waals surface area contributed by atoms with Gasteiger partial charge in [0, 0.05) is 35.4 Å². The molecule has 0 fully saturated rings. The van der Waals surface area contributed by atoms with E-state index in [1.54, 1.807) is 6.07 Å². The highest BCUT2D eigenvalue weighted by molar-refractivity contribution is 5.95. The molecule has 0 aromatic heterocycles. The van der Waals surface area contributed by atoms with Crippen LogP contribution in [0.4, 0.5) is 11.4 Å². The quantitative estimate of drug-likeness (QED) is 0.619. The third-order valence-corrected chi connectivity index (χ3v) is 3.05. The Morgan fingerprint density at radius 1 is 0.875 bits per heavy atom. The first-order valence-electron chi connectivity index (χ1n) is 6.63. The van der Waals surface area contributed by atoms with Crippen molar-refractivity contribution in [3.63, 3.8) is 0 Å². The molecule has 122 valence electrons. The molecule has 2 aromatic rings. The van der Waals surface area contributed by atoms with E-state index in [2.05, 4.69) is 17.4 Å². The second kappa shape index (κ2) is 7.01. The highest BCUT2D eigenvalue weighted by atomic mass is 16.6. The lowest BCUT2D eigenvalue weighted by Gasteiger charge is -2.11. The van der Waals surface area contributed by atoms with Crippen molar-refractivity contribution in [1.82, 2.24) is 10.9 Å². The van der Waals surface area contributed by atoms with Gasteiger partial charge in [-0.05, 0) is 6.07 Å². The molecule has 2 N–H and O–H groups in total. The monoisotopic (exact) mass is 328 g/mol. The first kappa shape index (κ1) is 16.6. The molecular weight excluding hydrogens is 316 g/mol. The van der Waals surface area contributed by atoms with E-state index in [0.717, 1.165) is 6.07 Å². The van der Waals surface area contributed by atoms with Gasteiger partial charge in [0.1, 0.15) is 0 Å². The maximum Gasteiger partial charge on any atom is 0.270 e. The lowest BCUT2D eigenvalue weighted by Crippen LogP contribution is -2.35. The van der Waals surface area contributed by atoms with Crippen LogP contribution in [0.2, 0.25) is 0 Å². The Morgan fingerprint density at radius 2 is 1.38 bits per heavy atom. The van der Waals surface area contributed by atoms with Crippen molar-refractivity contribution in [2.45, 2.75) is 0 Å². The molecule has 9 nitrogen and oxygen atoms in total. The summed E-state index contributed by atoms with van der Waals surface area (Å²) >= 11 is 0. The molecule has 9 heteroatoms. The smallest absolute Gasteiger partial charge is 0.270 e. The van der Waals surface area contributed by atoms with Crippen molar-refractivity contribution < 1.29 is 14.6 Å². The Labute approximate surface area is 135 Å². The van der Waals surface area contributed by atoms with Gasteiger partial charge in [-0.25, -0.2) is 0 Å². The van der Waals surface area contributed by atoms with Crippen molar-refractivity contribution in [3.8, 4) is 0 Å². The lowest BCUT2D eigenvalue weighted by atomic mass is 10.1. The fourth-order valence-corrected chi connectivity index (χ4v) is 1.84. The minimum Gasteiger partial charge on any atom is -0.298 e. The number of carbonyl (C=O) groups excluding carboxylic acids is 1. The third kappa shape index (κ3) is 3.91. The molecule has 0 saturated heterocycles. The zero-order chi connectivity index (χ0) is 17.7. The summed E-state index contributed by atoms with van der Waals surface area (Å²) in [6.45, 7) is 3.68. The summed E-state index contributed by atoms with van der Waals surface area (Å²) in [5.41, 5.74) is 5.28. The second-order valence-electron chi connectivity index (χ2n) is 4.67. The fraction of sp³-hybridized carbons (Fsp3) is 0. The third-order valence-electron chi connectivity index (χ3n) is 3.05. The molecule has 2 rings (SSSR count). The molecule has 1 amide bonds. The molecule has 0 spiro atoms. The summed E-state index contributed by atoms with van der Waals surface area (Å²) in [7, 11) is 0. The SMILES string of the molecule is C=C(NNC(=O)c1cccc([N+](=O)[O-])c1)c1cccc([N+](=O)[O-])c1. The van der Waals surface area contributed by atoms with Crippen LogP contribution in [0.15, 0.2) is 55.1 Å². The predicted molar refractivity (Wildman–Crippen MR) is 85.8 cm³/mol. The van der Waals surface area contributed by atoms with Crippen molar-refractivity contribution >= 4 is 23.0 Å². The second-order valence-corrected chi connectivity index (χ2v) is 4.67. The Kier molecular flexibility index (Phi) is 4.85. The number of benzene rings is 2. The zero-order valence-corrected chi connectivity index (χ0v) is 12.3. The van der Waals surface area contributed by atoms with Gasteiger partial charge in [-0.3, -0.25) is 35.9 Å². The maximum atomic E-state index is 12.0. The van der Waals surface area contributed by atoms with Crippen molar-refractivity contribution in [2.24, 2.45) is 0 Å². The van der Waals surface area contributed by atoms with Gasteiger partial charge in [0.2, 0.25) is 0 Å². The molecular formula is C15H12N4O5. The molecule has 0 saturated carbocycles. The number of nitro groups is 2. The zero-order valence-electron chi connectivity index (χ0n) is 12.3. The summed E-state index contributed by atoms with van der Waals surface area (Å²) < 4.78 is 0. The van der Waals surface area contributed by atoms with Crippen molar-refractivity contribution in [1.29, 1.82) is 0 Å². The minimum absolute atomic E-state index is 0.0866. The number of hydrazine groups is 1. The van der Waals surface area contributed by atoms with E-state index in [1.165, 1.54) is 36.4 Å². The number of nitro benzene ring substituents is 2. The number of rotatable bonds is 6. The highest BCUT2D eigenvalue weighted by Gasteiger charge is 2.12. The van der Waals surface area contributed by atoms with Crippen LogP contribution in [0, 0.1) is 20.2 Å². The lowest BCUT2D eigenvalue weighted by molar-refractivity contribution is -0.385. The fourth-order valence-electron chi connectivity index (χ4n) is 1.84. The molecule has 0 radical (unpaired) electrons. The van der Waals surface area contributed by atoms with Crippen LogP contribution >= 0.6 is 0 Å². The van der Waals surface area contributed by atoms with E-state index >= 15 is 0 Å². The molecule has 24 heavy (non-hydrogen) atoms. The van der Waals surface area contributed by atoms with E-state index in [-0.39, 0.29) is 22.6 Å². The van der Waals surface area contributed by atoms with Crippen LogP contribution in [0.25, 0.3) is 5.70 Å². The first-order chi connectivity index (χ1) is 11.4. The van der Waals surface area contributed by atoms with Crippen LogP contribution in [-0.2, 0) is 0 Å². The summed E-state index contributed by atoms with van der Waals surface area (Å²) in [5, 5.41) is 21.4. The number of amides is 1.